The fourth-order valence-electron chi connectivity index (χ4n) is 2.88. The molecule has 0 saturated carbocycles. The van der Waals surface area contributed by atoms with Gasteiger partial charge < -0.3 is 10.1 Å². The summed E-state index contributed by atoms with van der Waals surface area (Å²) < 4.78 is 34.1. The molecule has 0 saturated heterocycles. The van der Waals surface area contributed by atoms with Gasteiger partial charge in [0.2, 0.25) is 0 Å². The van der Waals surface area contributed by atoms with Crippen LogP contribution in [0.2, 0.25) is 5.02 Å². The average Bonchev–Trinajstić information content (AvgIpc) is 2.75. The number of carbonyl (C=O) groups excluding carboxylic acids is 1. The summed E-state index contributed by atoms with van der Waals surface area (Å²) in [5.41, 5.74) is 2.19. The highest BCUT2D eigenvalue weighted by Crippen LogP contribution is 2.24. The predicted molar refractivity (Wildman–Crippen MR) is 130 cm³/mol. The number of amides is 1. The number of halogens is 2. The maximum absolute atomic E-state index is 12.6. The Hall–Kier alpha value is -2.55. The fraction of sp³-hybridized carbons (Fsp3) is 0.174. The van der Waals surface area contributed by atoms with Crippen LogP contribution >= 0.6 is 27.5 Å². The molecule has 0 aromatic heterocycles. The summed E-state index contributed by atoms with van der Waals surface area (Å²) in [5.74, 6) is 0.0969. The summed E-state index contributed by atoms with van der Waals surface area (Å²) >= 11 is 9.47. The molecule has 1 amide bonds. The molecule has 0 aliphatic carbocycles. The van der Waals surface area contributed by atoms with Crippen LogP contribution in [0.25, 0.3) is 0 Å². The van der Waals surface area contributed by atoms with Gasteiger partial charge in [-0.1, -0.05) is 45.7 Å². The number of anilines is 1. The molecule has 0 aliphatic rings. The Balaban J connectivity index is 1.56. The van der Waals surface area contributed by atoms with Gasteiger partial charge in [0.05, 0.1) is 16.6 Å². The lowest BCUT2D eigenvalue weighted by molar-refractivity contribution is -0.123. The summed E-state index contributed by atoms with van der Waals surface area (Å²) in [4.78, 5) is 12.3. The van der Waals surface area contributed by atoms with Crippen molar-refractivity contribution in [2.24, 2.45) is 0 Å². The van der Waals surface area contributed by atoms with Crippen molar-refractivity contribution in [3.05, 3.63) is 87.4 Å². The van der Waals surface area contributed by atoms with Crippen molar-refractivity contribution in [2.45, 2.75) is 24.8 Å². The first-order valence-corrected chi connectivity index (χ1v) is 12.4. The van der Waals surface area contributed by atoms with Gasteiger partial charge in [0.25, 0.3) is 15.9 Å². The van der Waals surface area contributed by atoms with Gasteiger partial charge in [-0.25, -0.2) is 8.42 Å². The minimum absolute atomic E-state index is 0.0641. The van der Waals surface area contributed by atoms with Crippen LogP contribution in [-0.4, -0.2) is 20.9 Å². The average molecular weight is 538 g/mol. The van der Waals surface area contributed by atoms with Crippen LogP contribution in [0, 0.1) is 6.92 Å². The monoisotopic (exact) mass is 536 g/mol. The second-order valence-electron chi connectivity index (χ2n) is 7.17. The van der Waals surface area contributed by atoms with E-state index in [9.17, 15) is 13.2 Å². The van der Waals surface area contributed by atoms with Gasteiger partial charge in [-0.2, -0.15) is 0 Å². The Bertz CT molecular complexity index is 1220. The molecule has 0 fully saturated rings. The molecule has 32 heavy (non-hydrogen) atoms. The van der Waals surface area contributed by atoms with Gasteiger partial charge in [0, 0.05) is 9.50 Å². The van der Waals surface area contributed by atoms with Gasteiger partial charge in [-0.05, 0) is 73.5 Å². The maximum Gasteiger partial charge on any atom is 0.261 e. The van der Waals surface area contributed by atoms with E-state index in [1.807, 2.05) is 38.1 Å². The topological polar surface area (TPSA) is 84.5 Å². The highest BCUT2D eigenvalue weighted by Gasteiger charge is 2.15. The Labute approximate surface area is 201 Å². The van der Waals surface area contributed by atoms with E-state index in [4.69, 9.17) is 16.3 Å². The lowest BCUT2D eigenvalue weighted by atomic mass is 10.1. The van der Waals surface area contributed by atoms with E-state index in [2.05, 4.69) is 26.0 Å². The van der Waals surface area contributed by atoms with Crippen LogP contribution < -0.4 is 14.8 Å². The van der Waals surface area contributed by atoms with Crippen molar-refractivity contribution >= 4 is 49.1 Å². The number of hydrogen-bond acceptors (Lipinski definition) is 4. The molecule has 0 radical (unpaired) electrons. The summed E-state index contributed by atoms with van der Waals surface area (Å²) in [5, 5.41) is 3.34. The summed E-state index contributed by atoms with van der Waals surface area (Å²) in [6.45, 7) is 3.53. The molecule has 3 aromatic rings. The number of sulfonamides is 1. The van der Waals surface area contributed by atoms with E-state index in [-0.39, 0.29) is 23.5 Å². The molecule has 0 aliphatic heterocycles. The van der Waals surface area contributed by atoms with Gasteiger partial charge in [-0.15, -0.1) is 0 Å². The lowest BCUT2D eigenvalue weighted by Crippen LogP contribution is -2.31. The first kappa shape index (κ1) is 24.1. The molecule has 3 rings (SSSR count). The minimum Gasteiger partial charge on any atom is -0.484 e. The highest BCUT2D eigenvalue weighted by atomic mass is 79.9. The number of benzene rings is 3. The first-order chi connectivity index (χ1) is 15.1. The molecule has 1 atom stereocenters. The van der Waals surface area contributed by atoms with E-state index in [1.54, 1.807) is 18.2 Å². The van der Waals surface area contributed by atoms with Crippen molar-refractivity contribution in [3.8, 4) is 5.75 Å². The normalized spacial score (nSPS) is 12.1. The van der Waals surface area contributed by atoms with Gasteiger partial charge in [0.1, 0.15) is 5.75 Å². The van der Waals surface area contributed by atoms with Crippen molar-refractivity contribution in [2.75, 3.05) is 11.3 Å². The Kier molecular flexibility index (Phi) is 7.82. The SMILES string of the molecule is Cc1ccc(NS(=O)(=O)c2ccc(OCC(=O)NC(C)c3cccc(Br)c3)cc2)cc1Cl. The van der Waals surface area contributed by atoms with Crippen LogP contribution in [0.4, 0.5) is 5.69 Å². The molecule has 6 nitrogen and oxygen atoms in total. The number of nitrogens with one attached hydrogen (secondary N) is 2. The predicted octanol–water partition coefficient (Wildman–Crippen LogP) is 5.47. The van der Waals surface area contributed by atoms with E-state index >= 15 is 0 Å². The minimum atomic E-state index is -3.79. The van der Waals surface area contributed by atoms with E-state index in [1.165, 1.54) is 24.3 Å². The number of carbonyl (C=O) groups is 1. The Morgan fingerprint density at radius 3 is 2.47 bits per heavy atom. The molecule has 168 valence electrons. The Morgan fingerprint density at radius 1 is 1.09 bits per heavy atom. The van der Waals surface area contributed by atoms with Gasteiger partial charge in [-0.3, -0.25) is 9.52 Å². The molecule has 1 unspecified atom stereocenters. The quantitative estimate of drug-likeness (QED) is 0.399. The van der Waals surface area contributed by atoms with Crippen LogP contribution in [0.5, 0.6) is 5.75 Å². The second kappa shape index (κ2) is 10.4. The van der Waals surface area contributed by atoms with E-state index in [0.717, 1.165) is 15.6 Å². The van der Waals surface area contributed by atoms with Gasteiger partial charge >= 0.3 is 0 Å². The first-order valence-electron chi connectivity index (χ1n) is 9.71. The summed E-state index contributed by atoms with van der Waals surface area (Å²) in [6, 6.07) is 18.3. The third-order valence-electron chi connectivity index (χ3n) is 4.65. The molecule has 9 heteroatoms. The van der Waals surface area contributed by atoms with Crippen molar-refractivity contribution in [1.82, 2.24) is 5.32 Å². The molecular formula is C23H22BrClN2O4S. The number of ether oxygens (including phenoxy) is 1. The van der Waals surface area contributed by atoms with Crippen LogP contribution in [-0.2, 0) is 14.8 Å². The highest BCUT2D eigenvalue weighted by molar-refractivity contribution is 9.10. The summed E-state index contributed by atoms with van der Waals surface area (Å²) in [7, 11) is -3.79. The maximum atomic E-state index is 12.6. The van der Waals surface area contributed by atoms with Crippen molar-refractivity contribution in [3.63, 3.8) is 0 Å². The third kappa shape index (κ3) is 6.48. The zero-order chi connectivity index (χ0) is 23.3. The second-order valence-corrected chi connectivity index (χ2v) is 10.2. The zero-order valence-electron chi connectivity index (χ0n) is 17.4. The molecule has 0 bridgehead atoms. The van der Waals surface area contributed by atoms with E-state index in [0.29, 0.717) is 16.5 Å². The van der Waals surface area contributed by atoms with Crippen molar-refractivity contribution in [1.29, 1.82) is 0 Å². The molecule has 3 aromatic carbocycles. The number of rotatable bonds is 8. The van der Waals surface area contributed by atoms with Crippen LogP contribution in [0.15, 0.2) is 76.1 Å². The largest absolute Gasteiger partial charge is 0.484 e. The molecule has 0 heterocycles. The van der Waals surface area contributed by atoms with Crippen LogP contribution in [0.3, 0.4) is 0 Å². The van der Waals surface area contributed by atoms with E-state index < -0.39 is 10.0 Å². The smallest absolute Gasteiger partial charge is 0.261 e. The zero-order valence-corrected chi connectivity index (χ0v) is 20.6. The van der Waals surface area contributed by atoms with Crippen LogP contribution in [0.1, 0.15) is 24.1 Å². The third-order valence-corrected chi connectivity index (χ3v) is 6.95. The standard InChI is InChI=1S/C23H22BrClN2O4S/c1-15-6-7-19(13-22(15)25)27-32(29,30)21-10-8-20(9-11-21)31-14-23(28)26-16(2)17-4-3-5-18(24)12-17/h3-13,16,27H,14H2,1-2H3,(H,26,28). The summed E-state index contributed by atoms with van der Waals surface area (Å²) in [6.07, 6.45) is 0. The molecule has 0 spiro atoms. The molecule has 2 N–H and O–H groups in total. The molecular weight excluding hydrogens is 516 g/mol. The number of hydrogen-bond donors (Lipinski definition) is 2. The van der Waals surface area contributed by atoms with Crippen molar-refractivity contribution < 1.29 is 17.9 Å². The fourth-order valence-corrected chi connectivity index (χ4v) is 4.52. The van der Waals surface area contributed by atoms with Gasteiger partial charge in [0.15, 0.2) is 6.61 Å². The number of aryl methyl sites for hydroxylation is 1. The lowest BCUT2D eigenvalue weighted by Gasteiger charge is -2.15. The Morgan fingerprint density at radius 2 is 1.81 bits per heavy atom.